The molecule has 1 unspecified atom stereocenters. The second-order valence-electron chi connectivity index (χ2n) is 5.46. The number of carbonyl (C=O) groups excluding carboxylic acids is 1. The summed E-state index contributed by atoms with van der Waals surface area (Å²) in [4.78, 5) is 22.7. The smallest absolute Gasteiger partial charge is 0.315 e. The van der Waals surface area contributed by atoms with E-state index in [4.69, 9.17) is 5.11 Å². The molecule has 0 aromatic carbocycles. The van der Waals surface area contributed by atoms with E-state index in [-0.39, 0.29) is 23.2 Å². The molecule has 1 aliphatic rings. The molecule has 5 nitrogen and oxygen atoms in total. The van der Waals surface area contributed by atoms with E-state index in [0.717, 1.165) is 25.7 Å². The molecule has 1 atom stereocenters. The lowest BCUT2D eigenvalue weighted by atomic mass is 10.0. The molecular formula is C14H26N2O3S. The Kier molecular flexibility index (Phi) is 6.65. The van der Waals surface area contributed by atoms with E-state index in [1.807, 2.05) is 0 Å². The summed E-state index contributed by atoms with van der Waals surface area (Å²) in [6.07, 6.45) is 6.07. The molecule has 0 bridgehead atoms. The highest BCUT2D eigenvalue weighted by Crippen LogP contribution is 2.34. The Morgan fingerprint density at radius 3 is 2.35 bits per heavy atom. The fraction of sp³-hybridized carbons (Fsp3) is 0.857. The number of urea groups is 1. The summed E-state index contributed by atoms with van der Waals surface area (Å²) in [5, 5.41) is 14.6. The first-order valence-corrected chi connectivity index (χ1v) is 8.50. The number of carboxylic acid groups (broad SMARTS) is 1. The zero-order chi connectivity index (χ0) is 15.2. The van der Waals surface area contributed by atoms with Crippen molar-refractivity contribution in [2.45, 2.75) is 56.7 Å². The van der Waals surface area contributed by atoms with E-state index in [9.17, 15) is 9.59 Å². The number of thioether (sulfide) groups is 1. The number of rotatable bonds is 9. The molecule has 1 fully saturated rings. The van der Waals surface area contributed by atoms with Crippen LogP contribution in [0, 0.1) is 5.92 Å². The molecule has 0 aliphatic heterocycles. The molecule has 1 aliphatic carbocycles. The van der Waals surface area contributed by atoms with Crippen molar-refractivity contribution in [3.63, 3.8) is 0 Å². The maximum absolute atomic E-state index is 11.9. The molecule has 0 aromatic heterocycles. The predicted octanol–water partition coefficient (Wildman–Crippen LogP) is 2.46. The third kappa shape index (κ3) is 5.23. The first kappa shape index (κ1) is 17.1. The van der Waals surface area contributed by atoms with Crippen molar-refractivity contribution in [3.8, 4) is 0 Å². The number of carbonyl (C=O) groups is 2. The van der Waals surface area contributed by atoms with Crippen LogP contribution in [0.1, 0.15) is 46.0 Å². The van der Waals surface area contributed by atoms with E-state index in [0.29, 0.717) is 12.5 Å². The number of nitrogens with one attached hydrogen (secondary N) is 2. The number of hydrogen-bond acceptors (Lipinski definition) is 3. The summed E-state index contributed by atoms with van der Waals surface area (Å²) in [5.41, 5.74) is 0. The summed E-state index contributed by atoms with van der Waals surface area (Å²) in [7, 11) is 0. The minimum Gasteiger partial charge on any atom is -0.481 e. The van der Waals surface area contributed by atoms with Gasteiger partial charge in [0.1, 0.15) is 0 Å². The van der Waals surface area contributed by atoms with Crippen LogP contribution in [0.3, 0.4) is 0 Å². The molecule has 0 saturated heterocycles. The maximum atomic E-state index is 11.9. The SMILES string of the molecule is CCC(CC)(CNC(=O)NC(CC(=O)O)C1CC1)SC. The van der Waals surface area contributed by atoms with Gasteiger partial charge in [0, 0.05) is 17.3 Å². The van der Waals surface area contributed by atoms with Gasteiger partial charge in [-0.3, -0.25) is 4.79 Å². The summed E-state index contributed by atoms with van der Waals surface area (Å²) in [6.45, 7) is 4.85. The Morgan fingerprint density at radius 1 is 1.35 bits per heavy atom. The molecule has 0 heterocycles. The lowest BCUT2D eigenvalue weighted by molar-refractivity contribution is -0.137. The van der Waals surface area contributed by atoms with Crippen LogP contribution in [-0.4, -0.2) is 40.7 Å². The molecule has 0 aromatic rings. The van der Waals surface area contributed by atoms with Gasteiger partial charge in [0.2, 0.25) is 0 Å². The van der Waals surface area contributed by atoms with Gasteiger partial charge < -0.3 is 15.7 Å². The van der Waals surface area contributed by atoms with Gasteiger partial charge >= 0.3 is 12.0 Å². The molecule has 1 saturated carbocycles. The normalized spacial score (nSPS) is 16.6. The van der Waals surface area contributed by atoms with Gasteiger partial charge in [-0.15, -0.1) is 0 Å². The van der Waals surface area contributed by atoms with Gasteiger partial charge in [-0.2, -0.15) is 11.8 Å². The van der Waals surface area contributed by atoms with Gasteiger partial charge in [0.15, 0.2) is 0 Å². The molecule has 0 spiro atoms. The molecular weight excluding hydrogens is 276 g/mol. The van der Waals surface area contributed by atoms with Crippen LogP contribution in [0.4, 0.5) is 4.79 Å². The number of carboxylic acids is 1. The Morgan fingerprint density at radius 2 is 1.95 bits per heavy atom. The van der Waals surface area contributed by atoms with E-state index in [1.54, 1.807) is 11.8 Å². The lowest BCUT2D eigenvalue weighted by Crippen LogP contribution is -2.48. The molecule has 2 amide bonds. The number of hydrogen-bond donors (Lipinski definition) is 3. The topological polar surface area (TPSA) is 78.4 Å². The monoisotopic (exact) mass is 302 g/mol. The van der Waals surface area contributed by atoms with Crippen LogP contribution in [0.5, 0.6) is 0 Å². The minimum absolute atomic E-state index is 0.00725. The van der Waals surface area contributed by atoms with Crippen LogP contribution in [0.25, 0.3) is 0 Å². The number of aliphatic carboxylic acids is 1. The molecule has 1 rings (SSSR count). The maximum Gasteiger partial charge on any atom is 0.315 e. The summed E-state index contributed by atoms with van der Waals surface area (Å²) in [5.74, 6) is -0.526. The zero-order valence-corrected chi connectivity index (χ0v) is 13.4. The highest BCUT2D eigenvalue weighted by molar-refractivity contribution is 8.00. The Labute approximate surface area is 125 Å². The van der Waals surface area contributed by atoms with E-state index in [1.165, 1.54) is 0 Å². The van der Waals surface area contributed by atoms with Crippen molar-refractivity contribution in [3.05, 3.63) is 0 Å². The fourth-order valence-electron chi connectivity index (χ4n) is 2.34. The largest absolute Gasteiger partial charge is 0.481 e. The van der Waals surface area contributed by atoms with Gasteiger partial charge in [0.05, 0.1) is 6.42 Å². The highest BCUT2D eigenvalue weighted by atomic mass is 32.2. The van der Waals surface area contributed by atoms with Gasteiger partial charge in [-0.25, -0.2) is 4.79 Å². The van der Waals surface area contributed by atoms with Crippen molar-refractivity contribution in [2.24, 2.45) is 5.92 Å². The highest BCUT2D eigenvalue weighted by Gasteiger charge is 2.34. The second kappa shape index (κ2) is 7.76. The standard InChI is InChI=1S/C14H26N2O3S/c1-4-14(5-2,20-3)9-15-13(19)16-11(8-12(17)18)10-6-7-10/h10-11H,4-9H2,1-3H3,(H,17,18)(H2,15,16,19). The van der Waals surface area contributed by atoms with Crippen LogP contribution < -0.4 is 10.6 Å². The van der Waals surface area contributed by atoms with Crippen molar-refractivity contribution >= 4 is 23.8 Å². The Balaban J connectivity index is 2.43. The van der Waals surface area contributed by atoms with Gasteiger partial charge in [-0.05, 0) is 37.9 Å². The van der Waals surface area contributed by atoms with E-state index >= 15 is 0 Å². The van der Waals surface area contributed by atoms with E-state index < -0.39 is 5.97 Å². The molecule has 6 heteroatoms. The van der Waals surface area contributed by atoms with Crippen molar-refractivity contribution in [1.82, 2.24) is 10.6 Å². The average molecular weight is 302 g/mol. The molecule has 20 heavy (non-hydrogen) atoms. The zero-order valence-electron chi connectivity index (χ0n) is 12.6. The summed E-state index contributed by atoms with van der Waals surface area (Å²) in [6, 6.07) is -0.483. The molecule has 3 N–H and O–H groups in total. The lowest BCUT2D eigenvalue weighted by Gasteiger charge is -2.30. The molecule has 0 radical (unpaired) electrons. The van der Waals surface area contributed by atoms with E-state index in [2.05, 4.69) is 30.7 Å². The predicted molar refractivity (Wildman–Crippen MR) is 82.1 cm³/mol. The minimum atomic E-state index is -0.859. The first-order chi connectivity index (χ1) is 9.46. The van der Waals surface area contributed by atoms with Gasteiger partial charge in [-0.1, -0.05) is 13.8 Å². The van der Waals surface area contributed by atoms with Crippen LogP contribution >= 0.6 is 11.8 Å². The van der Waals surface area contributed by atoms with Crippen molar-refractivity contribution in [1.29, 1.82) is 0 Å². The summed E-state index contributed by atoms with van der Waals surface area (Å²) < 4.78 is 0.0687. The Bertz CT molecular complexity index is 333. The quantitative estimate of drug-likeness (QED) is 0.611. The van der Waals surface area contributed by atoms with Crippen LogP contribution in [0.15, 0.2) is 0 Å². The average Bonchev–Trinajstić information content (AvgIpc) is 3.24. The van der Waals surface area contributed by atoms with Crippen molar-refractivity contribution < 1.29 is 14.7 Å². The molecule has 116 valence electrons. The third-order valence-corrected chi connectivity index (χ3v) is 5.78. The van der Waals surface area contributed by atoms with Crippen molar-refractivity contribution in [2.75, 3.05) is 12.8 Å². The van der Waals surface area contributed by atoms with Crippen LogP contribution in [-0.2, 0) is 4.79 Å². The third-order valence-electron chi connectivity index (χ3n) is 4.19. The second-order valence-corrected chi connectivity index (χ2v) is 6.74. The van der Waals surface area contributed by atoms with Gasteiger partial charge in [0.25, 0.3) is 0 Å². The first-order valence-electron chi connectivity index (χ1n) is 7.27. The summed E-state index contributed by atoms with van der Waals surface area (Å²) >= 11 is 1.77. The van der Waals surface area contributed by atoms with Crippen LogP contribution in [0.2, 0.25) is 0 Å². The number of amides is 2. The Hall–Kier alpha value is -0.910. The fourth-order valence-corrected chi connectivity index (χ4v) is 3.14.